The Balaban J connectivity index is 1.45. The minimum Gasteiger partial charge on any atom is -0.381 e. The van der Waals surface area contributed by atoms with Crippen LogP contribution in [0.15, 0.2) is 29.3 Å². The molecule has 0 spiro atoms. The number of thioether (sulfide) groups is 1. The highest BCUT2D eigenvalue weighted by atomic mass is 32.2. The molecular formula is C22H35N3O2S. The van der Waals surface area contributed by atoms with Crippen molar-refractivity contribution < 1.29 is 9.47 Å². The third-order valence-corrected chi connectivity index (χ3v) is 7.02. The molecular weight excluding hydrogens is 370 g/mol. The third kappa shape index (κ3) is 6.39. The Hall–Kier alpha value is -1.24. The molecule has 2 aliphatic rings. The smallest absolute Gasteiger partial charge is 0.193 e. The average molecular weight is 406 g/mol. The first kappa shape index (κ1) is 21.5. The molecule has 5 nitrogen and oxygen atoms in total. The lowest BCUT2D eigenvalue weighted by Gasteiger charge is -2.36. The second kappa shape index (κ2) is 11.1. The molecule has 1 N–H and O–H groups in total. The maximum Gasteiger partial charge on any atom is 0.193 e. The van der Waals surface area contributed by atoms with E-state index in [1.54, 1.807) is 0 Å². The molecule has 0 amide bonds. The second-order valence-corrected chi connectivity index (χ2v) is 9.29. The van der Waals surface area contributed by atoms with Gasteiger partial charge in [-0.05, 0) is 29.9 Å². The molecule has 0 saturated carbocycles. The Kier molecular flexibility index (Phi) is 8.49. The zero-order chi connectivity index (χ0) is 19.8. The van der Waals surface area contributed by atoms with Crippen LogP contribution in [0.3, 0.4) is 0 Å². The Morgan fingerprint density at radius 2 is 1.96 bits per heavy atom. The van der Waals surface area contributed by atoms with Gasteiger partial charge < -0.3 is 19.7 Å². The summed E-state index contributed by atoms with van der Waals surface area (Å²) in [6, 6.07) is 8.72. The van der Waals surface area contributed by atoms with Crippen molar-refractivity contribution in [2.45, 2.75) is 51.2 Å². The summed E-state index contributed by atoms with van der Waals surface area (Å²) in [6.45, 7) is 9.89. The first-order chi connectivity index (χ1) is 13.7. The molecule has 0 aliphatic carbocycles. The highest BCUT2D eigenvalue weighted by Gasteiger charge is 2.24. The minimum absolute atomic E-state index is 0.343. The molecule has 0 radical (unpaired) electrons. The number of nitrogens with one attached hydrogen (secondary N) is 1. The Morgan fingerprint density at radius 3 is 2.64 bits per heavy atom. The van der Waals surface area contributed by atoms with E-state index in [9.17, 15) is 0 Å². The molecule has 0 bridgehead atoms. The lowest BCUT2D eigenvalue weighted by Crippen LogP contribution is -2.48. The molecule has 1 aromatic rings. The van der Waals surface area contributed by atoms with E-state index in [0.29, 0.717) is 23.9 Å². The molecule has 3 rings (SSSR count). The summed E-state index contributed by atoms with van der Waals surface area (Å²) in [5, 5.41) is 4.22. The monoisotopic (exact) mass is 405 g/mol. The van der Waals surface area contributed by atoms with Crippen molar-refractivity contribution in [2.75, 3.05) is 39.1 Å². The van der Waals surface area contributed by atoms with Gasteiger partial charge in [-0.3, -0.25) is 4.99 Å². The van der Waals surface area contributed by atoms with E-state index in [0.717, 1.165) is 51.6 Å². The number of hydrogen-bond acceptors (Lipinski definition) is 4. The molecule has 1 atom stereocenters. The van der Waals surface area contributed by atoms with Crippen LogP contribution in [0.5, 0.6) is 0 Å². The minimum atomic E-state index is 0.343. The van der Waals surface area contributed by atoms with Crippen molar-refractivity contribution in [2.24, 2.45) is 10.9 Å². The second-order valence-electron chi connectivity index (χ2n) is 7.94. The fourth-order valence-corrected chi connectivity index (χ4v) is 4.89. The molecule has 1 unspecified atom stereocenters. The van der Waals surface area contributed by atoms with Gasteiger partial charge in [-0.1, -0.05) is 38.1 Å². The van der Waals surface area contributed by atoms with Gasteiger partial charge in [0, 0.05) is 50.9 Å². The molecule has 2 aliphatic heterocycles. The Labute approximate surface area is 174 Å². The number of rotatable bonds is 6. The van der Waals surface area contributed by atoms with Crippen LogP contribution in [0.2, 0.25) is 0 Å². The summed E-state index contributed by atoms with van der Waals surface area (Å²) in [5.41, 5.74) is 2.50. The summed E-state index contributed by atoms with van der Waals surface area (Å²) in [5.74, 6) is 2.88. The van der Waals surface area contributed by atoms with Crippen LogP contribution in [-0.2, 0) is 22.6 Å². The van der Waals surface area contributed by atoms with Gasteiger partial charge in [0.05, 0.1) is 12.7 Å². The fourth-order valence-electron chi connectivity index (χ4n) is 3.59. The zero-order valence-corrected chi connectivity index (χ0v) is 18.3. The first-order valence-electron chi connectivity index (χ1n) is 10.5. The van der Waals surface area contributed by atoms with Gasteiger partial charge in [-0.2, -0.15) is 11.8 Å². The largest absolute Gasteiger partial charge is 0.381 e. The Bertz CT molecular complexity index is 615. The number of ether oxygens (including phenoxy) is 2. The number of benzene rings is 1. The van der Waals surface area contributed by atoms with E-state index in [4.69, 9.17) is 9.47 Å². The zero-order valence-electron chi connectivity index (χ0n) is 17.5. The predicted molar refractivity (Wildman–Crippen MR) is 118 cm³/mol. The van der Waals surface area contributed by atoms with Gasteiger partial charge in [0.1, 0.15) is 0 Å². The summed E-state index contributed by atoms with van der Waals surface area (Å²) in [7, 11) is 1.88. The highest BCUT2D eigenvalue weighted by molar-refractivity contribution is 8.00. The van der Waals surface area contributed by atoms with Crippen LogP contribution in [0.25, 0.3) is 0 Å². The van der Waals surface area contributed by atoms with E-state index < -0.39 is 0 Å². The third-order valence-electron chi connectivity index (χ3n) is 5.48. The lowest BCUT2D eigenvalue weighted by atomic mass is 10.1. The van der Waals surface area contributed by atoms with Crippen molar-refractivity contribution in [3.05, 3.63) is 35.4 Å². The van der Waals surface area contributed by atoms with Gasteiger partial charge in [0.25, 0.3) is 0 Å². The highest BCUT2D eigenvalue weighted by Crippen LogP contribution is 2.25. The van der Waals surface area contributed by atoms with Crippen molar-refractivity contribution in [1.82, 2.24) is 10.2 Å². The van der Waals surface area contributed by atoms with Crippen LogP contribution >= 0.6 is 11.8 Å². The summed E-state index contributed by atoms with van der Waals surface area (Å²) >= 11 is 2.09. The van der Waals surface area contributed by atoms with E-state index in [1.807, 2.05) is 7.05 Å². The molecule has 2 fully saturated rings. The molecule has 156 valence electrons. The van der Waals surface area contributed by atoms with Crippen molar-refractivity contribution >= 4 is 17.7 Å². The predicted octanol–water partition coefficient (Wildman–Crippen LogP) is 3.53. The standard InChI is InChI=1S/C22H35N3O2S/c1-17(2)21-15-25(10-13-28-21)22(23-3)24-14-18-4-6-19(7-5-18)16-27-20-8-11-26-12-9-20/h4-7,17,20-21H,8-16H2,1-3H3,(H,23,24). The number of guanidine groups is 1. The number of hydrogen-bond donors (Lipinski definition) is 1. The maximum atomic E-state index is 6.01. The van der Waals surface area contributed by atoms with E-state index in [1.165, 1.54) is 16.9 Å². The molecule has 1 aromatic carbocycles. The lowest BCUT2D eigenvalue weighted by molar-refractivity contribution is -0.0390. The van der Waals surface area contributed by atoms with Gasteiger partial charge in [-0.25, -0.2) is 0 Å². The van der Waals surface area contributed by atoms with E-state index in [2.05, 4.69) is 65.1 Å². The van der Waals surface area contributed by atoms with E-state index >= 15 is 0 Å². The maximum absolute atomic E-state index is 6.01. The number of aliphatic imine (C=N–C) groups is 1. The van der Waals surface area contributed by atoms with E-state index in [-0.39, 0.29) is 0 Å². The summed E-state index contributed by atoms with van der Waals surface area (Å²) in [6.07, 6.45) is 2.36. The molecule has 2 heterocycles. The first-order valence-corrected chi connectivity index (χ1v) is 11.5. The average Bonchev–Trinajstić information content (AvgIpc) is 2.74. The van der Waals surface area contributed by atoms with Crippen molar-refractivity contribution in [1.29, 1.82) is 0 Å². The quantitative estimate of drug-likeness (QED) is 0.579. The van der Waals surface area contributed by atoms with Crippen molar-refractivity contribution in [3.8, 4) is 0 Å². The topological polar surface area (TPSA) is 46.1 Å². The van der Waals surface area contributed by atoms with Gasteiger partial charge >= 0.3 is 0 Å². The summed E-state index contributed by atoms with van der Waals surface area (Å²) in [4.78, 5) is 6.91. The molecule has 6 heteroatoms. The number of nitrogens with zero attached hydrogens (tertiary/aromatic N) is 2. The fraction of sp³-hybridized carbons (Fsp3) is 0.682. The molecule has 0 aromatic heterocycles. The SMILES string of the molecule is CN=C(NCc1ccc(COC2CCOCC2)cc1)N1CCSC(C(C)C)C1. The van der Waals surface area contributed by atoms with Crippen molar-refractivity contribution in [3.63, 3.8) is 0 Å². The van der Waals surface area contributed by atoms with Crippen LogP contribution < -0.4 is 5.32 Å². The normalized spacial score (nSPS) is 21.9. The molecule has 28 heavy (non-hydrogen) atoms. The van der Waals surface area contributed by atoms with Crippen LogP contribution in [0.1, 0.15) is 37.8 Å². The Morgan fingerprint density at radius 1 is 1.25 bits per heavy atom. The van der Waals surface area contributed by atoms with Crippen LogP contribution in [0.4, 0.5) is 0 Å². The van der Waals surface area contributed by atoms with Gasteiger partial charge in [0.15, 0.2) is 5.96 Å². The van der Waals surface area contributed by atoms with Gasteiger partial charge in [-0.15, -0.1) is 0 Å². The molecule has 2 saturated heterocycles. The summed E-state index contributed by atoms with van der Waals surface area (Å²) < 4.78 is 11.4. The van der Waals surface area contributed by atoms with Gasteiger partial charge in [0.2, 0.25) is 0 Å². The van der Waals surface area contributed by atoms with Crippen LogP contribution in [0, 0.1) is 5.92 Å². The van der Waals surface area contributed by atoms with Crippen LogP contribution in [-0.4, -0.2) is 61.3 Å².